The number of aromatic nitrogens is 1. The Hall–Kier alpha value is -1.65. The first-order valence-corrected chi connectivity index (χ1v) is 4.74. The molecule has 0 fully saturated rings. The van der Waals surface area contributed by atoms with Crippen molar-refractivity contribution < 1.29 is 14.3 Å². The van der Waals surface area contributed by atoms with E-state index in [1.807, 2.05) is 13.8 Å². The Balaban J connectivity index is 3.19. The summed E-state index contributed by atoms with van der Waals surface area (Å²) < 4.78 is 13.7. The summed E-state index contributed by atoms with van der Waals surface area (Å²) in [5, 5.41) is 8.73. The van der Waals surface area contributed by atoms with Crippen LogP contribution in [0.1, 0.15) is 24.2 Å². The lowest BCUT2D eigenvalue weighted by Crippen LogP contribution is -2.25. The third kappa shape index (κ3) is 2.23. The molecule has 0 aliphatic heterocycles. The number of carboxylic acid groups (broad SMARTS) is 1. The number of rotatable bonds is 4. The van der Waals surface area contributed by atoms with Crippen molar-refractivity contribution in [1.82, 2.24) is 4.98 Å². The minimum atomic E-state index is -1.27. The maximum atomic E-state index is 13.7. The third-order valence-corrected chi connectivity index (χ3v) is 2.16. The van der Waals surface area contributed by atoms with Gasteiger partial charge >= 0.3 is 5.97 Å². The molecule has 5 heteroatoms. The molecule has 1 heterocycles. The van der Waals surface area contributed by atoms with Crippen molar-refractivity contribution in [3.05, 3.63) is 23.6 Å². The number of halogens is 1. The summed E-state index contributed by atoms with van der Waals surface area (Å²) in [7, 11) is 0. The Morgan fingerprint density at radius 3 is 2.60 bits per heavy atom. The van der Waals surface area contributed by atoms with Gasteiger partial charge in [-0.1, -0.05) is 0 Å². The fraction of sp³-hybridized carbons (Fsp3) is 0.400. The van der Waals surface area contributed by atoms with Gasteiger partial charge in [0.2, 0.25) is 0 Å². The first kappa shape index (κ1) is 11.4. The molecule has 0 spiro atoms. The van der Waals surface area contributed by atoms with Gasteiger partial charge in [-0.25, -0.2) is 14.2 Å². The monoisotopic (exact) mass is 212 g/mol. The number of pyridine rings is 1. The minimum Gasteiger partial charge on any atom is -0.478 e. The number of carboxylic acids is 1. The SMILES string of the molecule is CCN(CC)c1nccc(C(=O)O)c1F. The molecule has 0 aliphatic rings. The van der Waals surface area contributed by atoms with Gasteiger partial charge in [0.25, 0.3) is 0 Å². The fourth-order valence-electron chi connectivity index (χ4n) is 1.34. The molecule has 4 nitrogen and oxygen atoms in total. The van der Waals surface area contributed by atoms with E-state index in [4.69, 9.17) is 5.11 Å². The summed E-state index contributed by atoms with van der Waals surface area (Å²) in [6.45, 7) is 4.89. The van der Waals surface area contributed by atoms with Crippen LogP contribution in [0.4, 0.5) is 10.2 Å². The normalized spacial score (nSPS) is 10.1. The Kier molecular flexibility index (Phi) is 3.60. The van der Waals surface area contributed by atoms with E-state index < -0.39 is 11.8 Å². The van der Waals surface area contributed by atoms with E-state index in [-0.39, 0.29) is 11.4 Å². The summed E-state index contributed by atoms with van der Waals surface area (Å²) in [6, 6.07) is 1.16. The first-order valence-electron chi connectivity index (χ1n) is 4.74. The van der Waals surface area contributed by atoms with E-state index in [0.29, 0.717) is 13.1 Å². The van der Waals surface area contributed by atoms with E-state index in [1.165, 1.54) is 6.20 Å². The number of carbonyl (C=O) groups is 1. The van der Waals surface area contributed by atoms with Crippen molar-refractivity contribution in [2.24, 2.45) is 0 Å². The zero-order valence-corrected chi connectivity index (χ0v) is 8.70. The molecule has 1 N–H and O–H groups in total. The van der Waals surface area contributed by atoms with E-state index in [2.05, 4.69) is 4.98 Å². The maximum absolute atomic E-state index is 13.7. The predicted molar refractivity (Wildman–Crippen MR) is 54.7 cm³/mol. The second-order valence-corrected chi connectivity index (χ2v) is 2.97. The van der Waals surface area contributed by atoms with Crippen LogP contribution in [0.25, 0.3) is 0 Å². The number of anilines is 1. The molecular weight excluding hydrogens is 199 g/mol. The average Bonchev–Trinajstić information content (AvgIpc) is 2.21. The summed E-state index contributed by atoms with van der Waals surface area (Å²) in [4.78, 5) is 16.2. The average molecular weight is 212 g/mol. The van der Waals surface area contributed by atoms with Crippen LogP contribution in [-0.4, -0.2) is 29.1 Å². The fourth-order valence-corrected chi connectivity index (χ4v) is 1.34. The topological polar surface area (TPSA) is 53.4 Å². The van der Waals surface area contributed by atoms with Crippen molar-refractivity contribution in [2.75, 3.05) is 18.0 Å². The largest absolute Gasteiger partial charge is 0.478 e. The number of hydrogen-bond acceptors (Lipinski definition) is 3. The molecule has 0 saturated carbocycles. The van der Waals surface area contributed by atoms with E-state index >= 15 is 0 Å². The van der Waals surface area contributed by atoms with Crippen LogP contribution in [0.2, 0.25) is 0 Å². The first-order chi connectivity index (χ1) is 7.11. The van der Waals surface area contributed by atoms with Crippen LogP contribution in [0, 0.1) is 5.82 Å². The van der Waals surface area contributed by atoms with Gasteiger partial charge in [-0.05, 0) is 19.9 Å². The summed E-state index contributed by atoms with van der Waals surface area (Å²) in [6.07, 6.45) is 1.31. The number of hydrogen-bond donors (Lipinski definition) is 1. The molecule has 0 aromatic carbocycles. The molecular formula is C10H13FN2O2. The Labute approximate surface area is 87.4 Å². The van der Waals surface area contributed by atoms with Crippen molar-refractivity contribution in [3.63, 3.8) is 0 Å². The Morgan fingerprint density at radius 2 is 2.13 bits per heavy atom. The van der Waals surface area contributed by atoms with Gasteiger partial charge in [-0.2, -0.15) is 0 Å². The highest BCUT2D eigenvalue weighted by Gasteiger charge is 2.17. The molecule has 0 bridgehead atoms. The van der Waals surface area contributed by atoms with E-state index in [1.54, 1.807) is 4.90 Å². The molecule has 1 aromatic heterocycles. The molecule has 0 amide bonds. The standard InChI is InChI=1S/C10H13FN2O2/c1-3-13(4-2)9-8(11)7(10(14)15)5-6-12-9/h5-6H,3-4H2,1-2H3,(H,14,15). The van der Waals surface area contributed by atoms with E-state index in [9.17, 15) is 9.18 Å². The molecule has 0 saturated heterocycles. The molecule has 1 rings (SSSR count). The van der Waals surface area contributed by atoms with Crippen molar-refractivity contribution >= 4 is 11.8 Å². The molecule has 0 unspecified atom stereocenters. The van der Waals surface area contributed by atoms with Gasteiger partial charge < -0.3 is 10.0 Å². The van der Waals surface area contributed by atoms with Crippen molar-refractivity contribution in [3.8, 4) is 0 Å². The third-order valence-electron chi connectivity index (χ3n) is 2.16. The Bertz CT molecular complexity index is 364. The maximum Gasteiger partial charge on any atom is 0.338 e. The van der Waals surface area contributed by atoms with Gasteiger partial charge in [0.05, 0.1) is 0 Å². The molecule has 0 atom stereocenters. The second-order valence-electron chi connectivity index (χ2n) is 2.97. The highest BCUT2D eigenvalue weighted by Crippen LogP contribution is 2.18. The zero-order valence-electron chi connectivity index (χ0n) is 8.70. The lowest BCUT2D eigenvalue weighted by Gasteiger charge is -2.20. The molecule has 15 heavy (non-hydrogen) atoms. The quantitative estimate of drug-likeness (QED) is 0.826. The minimum absolute atomic E-state index is 0.0971. The summed E-state index contributed by atoms with van der Waals surface area (Å²) in [5.74, 6) is -1.95. The van der Waals surface area contributed by atoms with Gasteiger partial charge in [-0.15, -0.1) is 0 Å². The highest BCUT2D eigenvalue weighted by atomic mass is 19.1. The number of nitrogens with zero attached hydrogens (tertiary/aromatic N) is 2. The smallest absolute Gasteiger partial charge is 0.338 e. The second kappa shape index (κ2) is 4.72. The van der Waals surface area contributed by atoms with Crippen LogP contribution in [0.15, 0.2) is 12.3 Å². The van der Waals surface area contributed by atoms with Crippen LogP contribution in [0.5, 0.6) is 0 Å². The molecule has 82 valence electrons. The van der Waals surface area contributed by atoms with Crippen LogP contribution in [0.3, 0.4) is 0 Å². The summed E-state index contributed by atoms with van der Waals surface area (Å²) in [5.41, 5.74) is -0.341. The lowest BCUT2D eigenvalue weighted by atomic mass is 10.2. The van der Waals surface area contributed by atoms with E-state index in [0.717, 1.165) is 6.07 Å². The zero-order chi connectivity index (χ0) is 11.4. The van der Waals surface area contributed by atoms with Crippen molar-refractivity contribution in [1.29, 1.82) is 0 Å². The Morgan fingerprint density at radius 1 is 1.53 bits per heavy atom. The van der Waals surface area contributed by atoms with Gasteiger partial charge in [0.15, 0.2) is 11.6 Å². The molecule has 0 aliphatic carbocycles. The number of aromatic carboxylic acids is 1. The van der Waals surface area contributed by atoms with Gasteiger partial charge in [-0.3, -0.25) is 0 Å². The van der Waals surface area contributed by atoms with Crippen molar-refractivity contribution in [2.45, 2.75) is 13.8 Å². The summed E-state index contributed by atoms with van der Waals surface area (Å²) >= 11 is 0. The highest BCUT2D eigenvalue weighted by molar-refractivity contribution is 5.88. The van der Waals surface area contributed by atoms with Gasteiger partial charge in [0, 0.05) is 19.3 Å². The van der Waals surface area contributed by atoms with Crippen LogP contribution >= 0.6 is 0 Å². The van der Waals surface area contributed by atoms with Crippen LogP contribution < -0.4 is 4.90 Å². The van der Waals surface area contributed by atoms with Gasteiger partial charge in [0.1, 0.15) is 5.56 Å². The lowest BCUT2D eigenvalue weighted by molar-refractivity contribution is 0.0691. The molecule has 1 aromatic rings. The predicted octanol–water partition coefficient (Wildman–Crippen LogP) is 1.77. The van der Waals surface area contributed by atoms with Crippen LogP contribution in [-0.2, 0) is 0 Å². The molecule has 0 radical (unpaired) electrons.